The van der Waals surface area contributed by atoms with Crippen LogP contribution in [0.1, 0.15) is 53.7 Å². The topological polar surface area (TPSA) is 159 Å². The summed E-state index contributed by atoms with van der Waals surface area (Å²) in [6.07, 6.45) is 2.57. The van der Waals surface area contributed by atoms with Gasteiger partial charge in [0.15, 0.2) is 0 Å². The number of amides is 2. The third kappa shape index (κ3) is 8.97. The van der Waals surface area contributed by atoms with Gasteiger partial charge in [-0.2, -0.15) is 0 Å². The standard InChI is InChI=1S/C30H30N4O8S/c1-30(2,3)42-29(37)32-15-24(27(35)33-26-14-20-11-12-31-16-25(20)43-26)23-10-9-21(13-22(23)18-41-34(38)39)28(36)40-17-19-7-5-4-6-8-19/h4-14,16,24H,15,17-18H2,1-3H3,(H,32,37)(H,33,35). The van der Waals surface area contributed by atoms with Crippen LogP contribution < -0.4 is 10.6 Å². The average Bonchev–Trinajstić information content (AvgIpc) is 3.37. The maximum Gasteiger partial charge on any atom is 0.407 e. The molecule has 2 heterocycles. The number of esters is 1. The molecule has 0 saturated heterocycles. The van der Waals surface area contributed by atoms with E-state index in [1.807, 2.05) is 24.3 Å². The molecule has 224 valence electrons. The molecule has 2 aromatic heterocycles. The van der Waals surface area contributed by atoms with Crippen molar-refractivity contribution in [2.24, 2.45) is 0 Å². The Labute approximate surface area is 251 Å². The molecule has 2 N–H and O–H groups in total. The molecule has 2 amide bonds. The molecule has 0 bridgehead atoms. The van der Waals surface area contributed by atoms with Crippen molar-refractivity contribution >= 4 is 44.4 Å². The maximum atomic E-state index is 13.7. The highest BCUT2D eigenvalue weighted by molar-refractivity contribution is 7.22. The Morgan fingerprint density at radius 1 is 1.05 bits per heavy atom. The minimum Gasteiger partial charge on any atom is -0.457 e. The number of nitrogens with zero attached hydrogens (tertiary/aromatic N) is 2. The quantitative estimate of drug-likeness (QED) is 0.126. The minimum absolute atomic E-state index is 0.0255. The fourth-order valence-electron chi connectivity index (χ4n) is 4.12. The molecule has 12 nitrogen and oxygen atoms in total. The molecule has 1 atom stereocenters. The number of fused-ring (bicyclic) bond motifs is 1. The van der Waals surface area contributed by atoms with Gasteiger partial charge in [0.2, 0.25) is 5.91 Å². The van der Waals surface area contributed by atoms with Crippen molar-refractivity contribution in [1.82, 2.24) is 10.3 Å². The molecule has 4 aromatic rings. The summed E-state index contributed by atoms with van der Waals surface area (Å²) >= 11 is 1.32. The Hall–Kier alpha value is -5.04. The highest BCUT2D eigenvalue weighted by atomic mass is 32.1. The van der Waals surface area contributed by atoms with Gasteiger partial charge in [-0.25, -0.2) is 9.59 Å². The summed E-state index contributed by atoms with van der Waals surface area (Å²) < 4.78 is 11.6. The molecule has 4 rings (SSSR count). The van der Waals surface area contributed by atoms with Crippen molar-refractivity contribution in [2.45, 2.75) is 45.5 Å². The zero-order valence-corrected chi connectivity index (χ0v) is 24.5. The van der Waals surface area contributed by atoms with E-state index in [1.165, 1.54) is 29.5 Å². The van der Waals surface area contributed by atoms with Gasteiger partial charge in [-0.15, -0.1) is 21.5 Å². The first-order chi connectivity index (χ1) is 20.5. The molecule has 0 aliphatic heterocycles. The molecule has 43 heavy (non-hydrogen) atoms. The van der Waals surface area contributed by atoms with Crippen LogP contribution in [0.3, 0.4) is 0 Å². The van der Waals surface area contributed by atoms with Crippen LogP contribution in [-0.2, 0) is 32.3 Å². The van der Waals surface area contributed by atoms with Crippen LogP contribution >= 0.6 is 11.3 Å². The summed E-state index contributed by atoms with van der Waals surface area (Å²) in [5.41, 5.74) is 0.610. The Balaban J connectivity index is 1.63. The number of aromatic nitrogens is 1. The van der Waals surface area contributed by atoms with Crippen LogP contribution in [0.4, 0.5) is 9.80 Å². The lowest BCUT2D eigenvalue weighted by Crippen LogP contribution is -2.38. The van der Waals surface area contributed by atoms with Gasteiger partial charge in [0.1, 0.15) is 18.8 Å². The summed E-state index contributed by atoms with van der Waals surface area (Å²) in [4.78, 5) is 58.8. The van der Waals surface area contributed by atoms with Gasteiger partial charge in [-0.1, -0.05) is 36.4 Å². The van der Waals surface area contributed by atoms with E-state index in [2.05, 4.69) is 20.5 Å². The van der Waals surface area contributed by atoms with Crippen molar-refractivity contribution in [3.05, 3.63) is 105 Å². The normalized spacial score (nSPS) is 11.8. The van der Waals surface area contributed by atoms with E-state index in [0.29, 0.717) is 10.6 Å². The number of anilines is 1. The SMILES string of the molecule is CC(C)(C)OC(=O)NCC(C(=O)Nc1cc2ccncc2s1)c1ccc(C(=O)OCc2ccccc2)cc1CO[N+](=O)[O-]. The first-order valence-corrected chi connectivity index (χ1v) is 14.0. The Morgan fingerprint density at radius 2 is 1.81 bits per heavy atom. The highest BCUT2D eigenvalue weighted by Gasteiger charge is 2.27. The van der Waals surface area contributed by atoms with Gasteiger partial charge in [0, 0.05) is 18.9 Å². The summed E-state index contributed by atoms with van der Waals surface area (Å²) in [7, 11) is 0. The lowest BCUT2D eigenvalue weighted by Gasteiger charge is -2.23. The van der Waals surface area contributed by atoms with Crippen LogP contribution in [-0.4, -0.2) is 40.2 Å². The van der Waals surface area contributed by atoms with Crippen LogP contribution in [0.5, 0.6) is 0 Å². The van der Waals surface area contributed by atoms with Gasteiger partial charge in [-0.05, 0) is 67.1 Å². The van der Waals surface area contributed by atoms with Crippen LogP contribution in [0.25, 0.3) is 10.1 Å². The number of carbonyl (C=O) groups is 3. The summed E-state index contributed by atoms with van der Waals surface area (Å²) in [6.45, 7) is 4.38. The molecule has 0 radical (unpaired) electrons. The van der Waals surface area contributed by atoms with Crippen molar-refractivity contribution in [1.29, 1.82) is 0 Å². The number of hydrogen-bond donors (Lipinski definition) is 2. The van der Waals surface area contributed by atoms with Crippen molar-refractivity contribution in [3.63, 3.8) is 0 Å². The Bertz CT molecular complexity index is 1580. The van der Waals surface area contributed by atoms with Crippen LogP contribution in [0.2, 0.25) is 0 Å². The molecule has 0 fully saturated rings. The lowest BCUT2D eigenvalue weighted by atomic mass is 9.92. The van der Waals surface area contributed by atoms with E-state index in [-0.39, 0.29) is 24.3 Å². The summed E-state index contributed by atoms with van der Waals surface area (Å²) in [6, 6.07) is 17.0. The monoisotopic (exact) mass is 606 g/mol. The third-order valence-electron chi connectivity index (χ3n) is 6.03. The van der Waals surface area contributed by atoms with Gasteiger partial charge in [0.05, 0.1) is 21.2 Å². The second kappa shape index (κ2) is 13.7. The molecule has 13 heteroatoms. The second-order valence-corrected chi connectivity index (χ2v) is 11.5. The van der Waals surface area contributed by atoms with E-state index in [9.17, 15) is 24.5 Å². The average molecular weight is 607 g/mol. The number of benzene rings is 2. The smallest absolute Gasteiger partial charge is 0.407 e. The van der Waals surface area contributed by atoms with Gasteiger partial charge >= 0.3 is 12.1 Å². The zero-order chi connectivity index (χ0) is 31.0. The Morgan fingerprint density at radius 3 is 2.51 bits per heavy atom. The summed E-state index contributed by atoms with van der Waals surface area (Å²) in [5, 5.41) is 17.0. The van der Waals surface area contributed by atoms with Crippen molar-refractivity contribution in [2.75, 3.05) is 11.9 Å². The van der Waals surface area contributed by atoms with E-state index >= 15 is 0 Å². The number of carbonyl (C=O) groups excluding carboxylic acids is 3. The molecule has 0 aliphatic rings. The van der Waals surface area contributed by atoms with Crippen LogP contribution in [0.15, 0.2) is 73.1 Å². The van der Waals surface area contributed by atoms with E-state index in [1.54, 1.807) is 51.4 Å². The molecule has 1 unspecified atom stereocenters. The number of rotatable bonds is 11. The highest BCUT2D eigenvalue weighted by Crippen LogP contribution is 2.31. The fourth-order valence-corrected chi connectivity index (χ4v) is 5.06. The van der Waals surface area contributed by atoms with E-state index in [4.69, 9.17) is 9.47 Å². The molecule has 0 spiro atoms. The number of pyridine rings is 1. The number of thiophene rings is 1. The first-order valence-electron chi connectivity index (χ1n) is 13.2. The fraction of sp³-hybridized carbons (Fsp3) is 0.267. The minimum atomic E-state index is -1.05. The van der Waals surface area contributed by atoms with Gasteiger partial charge < -0.3 is 24.9 Å². The molecule has 2 aromatic carbocycles. The first kappa shape index (κ1) is 30.9. The number of hydrogen-bond acceptors (Lipinski definition) is 10. The predicted octanol–water partition coefficient (Wildman–Crippen LogP) is 5.61. The number of ether oxygens (including phenoxy) is 2. The number of nitrogens with one attached hydrogen (secondary N) is 2. The largest absolute Gasteiger partial charge is 0.457 e. The zero-order valence-electron chi connectivity index (χ0n) is 23.7. The molecular weight excluding hydrogens is 576 g/mol. The lowest BCUT2D eigenvalue weighted by molar-refractivity contribution is -0.763. The molecule has 0 aliphatic carbocycles. The van der Waals surface area contributed by atoms with Gasteiger partial charge in [0.25, 0.3) is 5.09 Å². The Kier molecular flexibility index (Phi) is 9.88. The van der Waals surface area contributed by atoms with E-state index < -0.39 is 41.2 Å². The van der Waals surface area contributed by atoms with Crippen molar-refractivity contribution < 1.29 is 33.8 Å². The number of alkyl carbamates (subject to hydrolysis) is 1. The third-order valence-corrected chi connectivity index (χ3v) is 7.03. The predicted molar refractivity (Wildman–Crippen MR) is 159 cm³/mol. The van der Waals surface area contributed by atoms with Crippen LogP contribution in [0, 0.1) is 10.1 Å². The second-order valence-electron chi connectivity index (χ2n) is 10.4. The van der Waals surface area contributed by atoms with E-state index in [0.717, 1.165) is 15.6 Å². The summed E-state index contributed by atoms with van der Waals surface area (Å²) in [5.74, 6) is -2.21. The van der Waals surface area contributed by atoms with Gasteiger partial charge in [-0.3, -0.25) is 9.78 Å². The maximum absolute atomic E-state index is 13.7. The molecule has 0 saturated carbocycles. The van der Waals surface area contributed by atoms with Crippen molar-refractivity contribution in [3.8, 4) is 0 Å². The molecular formula is C30H30N4O8S.